The van der Waals surface area contributed by atoms with Crippen molar-refractivity contribution in [3.63, 3.8) is 0 Å². The van der Waals surface area contributed by atoms with Crippen molar-refractivity contribution in [1.29, 1.82) is 0 Å². The van der Waals surface area contributed by atoms with Gasteiger partial charge in [-0.1, -0.05) is 11.6 Å². The summed E-state index contributed by atoms with van der Waals surface area (Å²) < 4.78 is 1.90. The van der Waals surface area contributed by atoms with Gasteiger partial charge in [0.05, 0.1) is 10.6 Å². The first-order valence-corrected chi connectivity index (χ1v) is 7.07. The minimum Gasteiger partial charge on any atom is -0.390 e. The molecule has 1 aromatic heterocycles. The minimum absolute atomic E-state index is 0.00361. The third-order valence-corrected chi connectivity index (χ3v) is 3.93. The van der Waals surface area contributed by atoms with Crippen LogP contribution in [-0.4, -0.2) is 39.2 Å². The van der Waals surface area contributed by atoms with Gasteiger partial charge in [-0.05, 0) is 39.7 Å². The molecule has 0 aliphatic carbocycles. The molecule has 19 heavy (non-hydrogen) atoms. The number of halogens is 1. The number of hydrogen-bond donors (Lipinski definition) is 1. The van der Waals surface area contributed by atoms with Gasteiger partial charge in [-0.25, -0.2) is 0 Å². The van der Waals surface area contributed by atoms with Gasteiger partial charge in [0, 0.05) is 25.3 Å². The van der Waals surface area contributed by atoms with Gasteiger partial charge in [0.1, 0.15) is 5.69 Å². The fourth-order valence-corrected chi connectivity index (χ4v) is 2.61. The Morgan fingerprint density at radius 1 is 1.42 bits per heavy atom. The Kier molecular flexibility index (Phi) is 3.92. The van der Waals surface area contributed by atoms with Crippen molar-refractivity contribution in [3.8, 4) is 0 Å². The average Bonchev–Trinajstić information content (AvgIpc) is 2.70. The topological polar surface area (TPSA) is 45.5 Å². The highest BCUT2D eigenvalue weighted by Crippen LogP contribution is 2.25. The van der Waals surface area contributed by atoms with Crippen LogP contribution in [0.15, 0.2) is 12.3 Å². The standard InChI is InChI=1S/C14H21ClN2O2/c1-10(2)17-9-11(15)8-12(17)13(18)16-6-4-14(3,19)5-7-16/h8-10,19H,4-7H2,1-3H3. The van der Waals surface area contributed by atoms with Crippen LogP contribution in [0.3, 0.4) is 0 Å². The maximum absolute atomic E-state index is 12.5. The lowest BCUT2D eigenvalue weighted by molar-refractivity contribution is -0.00235. The van der Waals surface area contributed by atoms with Crippen LogP contribution in [0, 0.1) is 0 Å². The van der Waals surface area contributed by atoms with Crippen LogP contribution >= 0.6 is 11.6 Å². The maximum Gasteiger partial charge on any atom is 0.270 e. The zero-order valence-corrected chi connectivity index (χ0v) is 12.4. The summed E-state index contributed by atoms with van der Waals surface area (Å²) in [6.45, 7) is 7.05. The Morgan fingerprint density at radius 3 is 2.53 bits per heavy atom. The van der Waals surface area contributed by atoms with E-state index in [0.717, 1.165) is 0 Å². The van der Waals surface area contributed by atoms with Gasteiger partial charge >= 0.3 is 0 Å². The molecule has 4 nitrogen and oxygen atoms in total. The first-order valence-electron chi connectivity index (χ1n) is 6.69. The normalized spacial score (nSPS) is 18.9. The summed E-state index contributed by atoms with van der Waals surface area (Å²) in [5.41, 5.74) is -0.0179. The van der Waals surface area contributed by atoms with Gasteiger partial charge in [0.15, 0.2) is 0 Å². The van der Waals surface area contributed by atoms with Crippen molar-refractivity contribution in [2.45, 2.75) is 45.3 Å². The molecule has 1 aliphatic heterocycles. The van der Waals surface area contributed by atoms with Gasteiger partial charge in [0.2, 0.25) is 0 Å². The Balaban J connectivity index is 2.17. The van der Waals surface area contributed by atoms with Crippen molar-refractivity contribution in [2.24, 2.45) is 0 Å². The summed E-state index contributed by atoms with van der Waals surface area (Å²) in [5.74, 6) is -0.00361. The molecule has 2 rings (SSSR count). The summed E-state index contributed by atoms with van der Waals surface area (Å²) in [6.07, 6.45) is 3.03. The maximum atomic E-state index is 12.5. The van der Waals surface area contributed by atoms with Crippen LogP contribution < -0.4 is 0 Å². The van der Waals surface area contributed by atoms with Crippen LogP contribution in [0.1, 0.15) is 50.1 Å². The molecule has 5 heteroatoms. The third-order valence-electron chi connectivity index (χ3n) is 3.72. The molecule has 1 aliphatic rings. The number of aromatic nitrogens is 1. The quantitative estimate of drug-likeness (QED) is 0.908. The van der Waals surface area contributed by atoms with E-state index in [1.165, 1.54) is 0 Å². The molecular formula is C14H21ClN2O2. The predicted molar refractivity (Wildman–Crippen MR) is 75.6 cm³/mol. The second-order valence-electron chi connectivity index (χ2n) is 5.83. The minimum atomic E-state index is -0.644. The zero-order valence-electron chi connectivity index (χ0n) is 11.7. The Morgan fingerprint density at radius 2 is 2.00 bits per heavy atom. The number of hydrogen-bond acceptors (Lipinski definition) is 2. The number of amides is 1. The van der Waals surface area contributed by atoms with E-state index in [2.05, 4.69) is 0 Å². The second-order valence-corrected chi connectivity index (χ2v) is 6.27. The SMILES string of the molecule is CC(C)n1cc(Cl)cc1C(=O)N1CCC(C)(O)CC1. The first-order chi connectivity index (χ1) is 8.80. The molecule has 0 radical (unpaired) electrons. The van der Waals surface area contributed by atoms with Crippen LogP contribution in [0.2, 0.25) is 5.02 Å². The number of likely N-dealkylation sites (tertiary alicyclic amines) is 1. The second kappa shape index (κ2) is 5.17. The molecular weight excluding hydrogens is 264 g/mol. The number of carbonyl (C=O) groups excluding carboxylic acids is 1. The summed E-state index contributed by atoms with van der Waals surface area (Å²) in [4.78, 5) is 14.3. The molecule has 2 heterocycles. The summed E-state index contributed by atoms with van der Waals surface area (Å²) in [7, 11) is 0. The van der Waals surface area contributed by atoms with Crippen molar-refractivity contribution in [1.82, 2.24) is 9.47 Å². The van der Waals surface area contributed by atoms with Crippen LogP contribution in [0.5, 0.6) is 0 Å². The molecule has 1 N–H and O–H groups in total. The Bertz CT molecular complexity index is 470. The number of nitrogens with zero attached hydrogens (tertiary/aromatic N) is 2. The summed E-state index contributed by atoms with van der Waals surface area (Å²) >= 11 is 6.01. The fraction of sp³-hybridized carbons (Fsp3) is 0.643. The lowest BCUT2D eigenvalue weighted by Gasteiger charge is -2.36. The molecule has 1 aromatic rings. The highest BCUT2D eigenvalue weighted by atomic mass is 35.5. The number of carbonyl (C=O) groups is 1. The van der Waals surface area contributed by atoms with E-state index in [4.69, 9.17) is 11.6 Å². The summed E-state index contributed by atoms with van der Waals surface area (Å²) in [6, 6.07) is 1.91. The van der Waals surface area contributed by atoms with Gasteiger partial charge < -0.3 is 14.6 Å². The highest BCUT2D eigenvalue weighted by molar-refractivity contribution is 6.31. The molecule has 1 saturated heterocycles. The largest absolute Gasteiger partial charge is 0.390 e. The average molecular weight is 285 g/mol. The molecule has 0 saturated carbocycles. The highest BCUT2D eigenvalue weighted by Gasteiger charge is 2.31. The van der Waals surface area contributed by atoms with Crippen LogP contribution in [-0.2, 0) is 0 Å². The summed E-state index contributed by atoms with van der Waals surface area (Å²) in [5, 5.41) is 10.5. The van der Waals surface area contributed by atoms with Gasteiger partial charge in [0.25, 0.3) is 5.91 Å². The van der Waals surface area contributed by atoms with E-state index in [9.17, 15) is 9.90 Å². The van der Waals surface area contributed by atoms with E-state index in [0.29, 0.717) is 36.6 Å². The van der Waals surface area contributed by atoms with Crippen molar-refractivity contribution < 1.29 is 9.90 Å². The molecule has 1 amide bonds. The van der Waals surface area contributed by atoms with Crippen molar-refractivity contribution in [3.05, 3.63) is 23.0 Å². The molecule has 1 fully saturated rings. The van der Waals surface area contributed by atoms with Crippen molar-refractivity contribution in [2.75, 3.05) is 13.1 Å². The molecule has 0 spiro atoms. The van der Waals surface area contributed by atoms with Gasteiger partial charge in [-0.3, -0.25) is 4.79 Å². The number of piperidine rings is 1. The molecule has 0 aromatic carbocycles. The Labute approximate surface area is 119 Å². The smallest absolute Gasteiger partial charge is 0.270 e. The monoisotopic (exact) mass is 284 g/mol. The van der Waals surface area contributed by atoms with Gasteiger partial charge in [-0.2, -0.15) is 0 Å². The van der Waals surface area contributed by atoms with E-state index < -0.39 is 5.60 Å². The zero-order chi connectivity index (χ0) is 14.2. The van der Waals surface area contributed by atoms with Gasteiger partial charge in [-0.15, -0.1) is 0 Å². The van der Waals surface area contributed by atoms with Crippen LogP contribution in [0.4, 0.5) is 0 Å². The molecule has 0 bridgehead atoms. The third kappa shape index (κ3) is 3.12. The first kappa shape index (κ1) is 14.4. The van der Waals surface area contributed by atoms with Crippen molar-refractivity contribution >= 4 is 17.5 Å². The van der Waals surface area contributed by atoms with E-state index in [1.54, 1.807) is 17.2 Å². The lowest BCUT2D eigenvalue weighted by atomic mass is 9.94. The van der Waals surface area contributed by atoms with E-state index in [1.807, 2.05) is 25.3 Å². The van der Waals surface area contributed by atoms with E-state index >= 15 is 0 Å². The molecule has 0 atom stereocenters. The predicted octanol–water partition coefficient (Wildman–Crippen LogP) is 2.71. The fourth-order valence-electron chi connectivity index (χ4n) is 2.40. The van der Waals surface area contributed by atoms with E-state index in [-0.39, 0.29) is 11.9 Å². The molecule has 0 unspecified atom stereocenters. The van der Waals surface area contributed by atoms with Crippen LogP contribution in [0.25, 0.3) is 0 Å². The Hall–Kier alpha value is -1.00. The number of aliphatic hydroxyl groups is 1. The lowest BCUT2D eigenvalue weighted by Crippen LogP contribution is -2.45. The number of rotatable bonds is 2. The molecule has 106 valence electrons.